The zero-order valence-corrected chi connectivity index (χ0v) is 8.96. The van der Waals surface area contributed by atoms with Gasteiger partial charge in [-0.1, -0.05) is 26.8 Å². The van der Waals surface area contributed by atoms with Crippen molar-refractivity contribution in [2.24, 2.45) is 0 Å². The first-order chi connectivity index (χ1) is 6.72. The van der Waals surface area contributed by atoms with Crippen LogP contribution in [0.15, 0.2) is 18.3 Å². The van der Waals surface area contributed by atoms with E-state index in [-0.39, 0.29) is 0 Å². The molecule has 0 spiro atoms. The van der Waals surface area contributed by atoms with E-state index >= 15 is 0 Å². The Labute approximate surface area is 84.3 Å². The molecule has 2 aromatic rings. The first-order valence-corrected chi connectivity index (χ1v) is 5.18. The van der Waals surface area contributed by atoms with Crippen LogP contribution >= 0.6 is 0 Å². The fraction of sp³-hybridized carbons (Fsp3) is 0.417. The van der Waals surface area contributed by atoms with E-state index in [2.05, 4.69) is 43.1 Å². The minimum absolute atomic E-state index is 0.577. The van der Waals surface area contributed by atoms with E-state index in [4.69, 9.17) is 0 Å². The minimum Gasteiger partial charge on any atom is -0.278 e. The predicted molar refractivity (Wildman–Crippen MR) is 59.6 cm³/mol. The number of hydrogen-bond acceptors (Lipinski definition) is 1. The summed E-state index contributed by atoms with van der Waals surface area (Å²) < 4.78 is 0. The van der Waals surface area contributed by atoms with Gasteiger partial charge in [-0.05, 0) is 29.5 Å². The summed E-state index contributed by atoms with van der Waals surface area (Å²) in [5, 5.41) is 8.39. The van der Waals surface area contributed by atoms with Crippen LogP contribution in [-0.2, 0) is 6.42 Å². The average Bonchev–Trinajstić information content (AvgIpc) is 2.63. The Morgan fingerprint density at radius 1 is 1.36 bits per heavy atom. The molecule has 1 aromatic heterocycles. The van der Waals surface area contributed by atoms with Crippen molar-refractivity contribution in [3.8, 4) is 0 Å². The molecule has 0 aliphatic heterocycles. The molecular formula is C12H16N2. The fourth-order valence-electron chi connectivity index (χ4n) is 1.78. The molecule has 0 radical (unpaired) electrons. The van der Waals surface area contributed by atoms with E-state index in [1.54, 1.807) is 0 Å². The number of fused-ring (bicyclic) bond motifs is 1. The summed E-state index contributed by atoms with van der Waals surface area (Å²) >= 11 is 0. The van der Waals surface area contributed by atoms with Crippen LogP contribution in [0.5, 0.6) is 0 Å². The molecule has 0 fully saturated rings. The highest BCUT2D eigenvalue weighted by molar-refractivity contribution is 5.82. The SMILES string of the molecule is CCc1cc(C(C)C)cc2[nH]ncc12. The van der Waals surface area contributed by atoms with Crippen LogP contribution in [0.3, 0.4) is 0 Å². The van der Waals surface area contributed by atoms with E-state index in [1.165, 1.54) is 16.5 Å². The molecule has 0 amide bonds. The van der Waals surface area contributed by atoms with Gasteiger partial charge in [-0.25, -0.2) is 0 Å². The number of nitrogens with one attached hydrogen (secondary N) is 1. The Morgan fingerprint density at radius 2 is 2.14 bits per heavy atom. The van der Waals surface area contributed by atoms with Crippen molar-refractivity contribution < 1.29 is 0 Å². The maximum atomic E-state index is 4.09. The van der Waals surface area contributed by atoms with E-state index in [0.29, 0.717) is 5.92 Å². The van der Waals surface area contributed by atoms with Gasteiger partial charge >= 0.3 is 0 Å². The van der Waals surface area contributed by atoms with Crippen molar-refractivity contribution in [3.63, 3.8) is 0 Å². The topological polar surface area (TPSA) is 28.7 Å². The zero-order chi connectivity index (χ0) is 10.1. The molecule has 1 heterocycles. The monoisotopic (exact) mass is 188 g/mol. The highest BCUT2D eigenvalue weighted by Gasteiger charge is 2.06. The van der Waals surface area contributed by atoms with Gasteiger partial charge in [0.15, 0.2) is 0 Å². The first-order valence-electron chi connectivity index (χ1n) is 5.18. The summed E-state index contributed by atoms with van der Waals surface area (Å²) in [5.74, 6) is 0.577. The third kappa shape index (κ3) is 1.41. The summed E-state index contributed by atoms with van der Waals surface area (Å²) in [6.45, 7) is 6.62. The van der Waals surface area contributed by atoms with Crippen LogP contribution < -0.4 is 0 Å². The van der Waals surface area contributed by atoms with Crippen molar-refractivity contribution >= 4 is 10.9 Å². The predicted octanol–water partition coefficient (Wildman–Crippen LogP) is 3.25. The van der Waals surface area contributed by atoms with Crippen molar-refractivity contribution in [3.05, 3.63) is 29.5 Å². The van der Waals surface area contributed by atoms with E-state index < -0.39 is 0 Å². The maximum Gasteiger partial charge on any atom is 0.0655 e. The quantitative estimate of drug-likeness (QED) is 0.770. The normalized spacial score (nSPS) is 11.4. The molecule has 2 rings (SSSR count). The van der Waals surface area contributed by atoms with Crippen LogP contribution in [0.25, 0.3) is 10.9 Å². The second-order valence-electron chi connectivity index (χ2n) is 4.02. The van der Waals surface area contributed by atoms with E-state index in [9.17, 15) is 0 Å². The number of aryl methyl sites for hydroxylation is 1. The van der Waals surface area contributed by atoms with Crippen LogP contribution in [0.4, 0.5) is 0 Å². The summed E-state index contributed by atoms with van der Waals surface area (Å²) in [7, 11) is 0. The van der Waals surface area contributed by atoms with Gasteiger partial charge in [-0.3, -0.25) is 5.10 Å². The van der Waals surface area contributed by atoms with Gasteiger partial charge in [-0.15, -0.1) is 0 Å². The number of aromatic amines is 1. The molecule has 14 heavy (non-hydrogen) atoms. The summed E-state index contributed by atoms with van der Waals surface area (Å²) in [6.07, 6.45) is 2.98. The summed E-state index contributed by atoms with van der Waals surface area (Å²) in [6, 6.07) is 4.49. The molecule has 2 heteroatoms. The first kappa shape index (κ1) is 9.25. The maximum absolute atomic E-state index is 4.09. The molecule has 74 valence electrons. The molecule has 0 aliphatic carbocycles. The number of H-pyrrole nitrogens is 1. The highest BCUT2D eigenvalue weighted by atomic mass is 15.1. The lowest BCUT2D eigenvalue weighted by Crippen LogP contribution is -1.91. The number of nitrogens with zero attached hydrogens (tertiary/aromatic N) is 1. The Morgan fingerprint density at radius 3 is 2.79 bits per heavy atom. The largest absolute Gasteiger partial charge is 0.278 e. The second-order valence-corrected chi connectivity index (χ2v) is 4.02. The van der Waals surface area contributed by atoms with E-state index in [1.807, 2.05) is 6.20 Å². The van der Waals surface area contributed by atoms with Crippen LogP contribution in [0.1, 0.15) is 37.8 Å². The zero-order valence-electron chi connectivity index (χ0n) is 8.96. The Bertz CT molecular complexity index is 441. The van der Waals surface area contributed by atoms with Gasteiger partial charge in [0.1, 0.15) is 0 Å². The summed E-state index contributed by atoms with van der Waals surface area (Å²) in [4.78, 5) is 0. The number of benzene rings is 1. The lowest BCUT2D eigenvalue weighted by atomic mass is 9.97. The van der Waals surface area contributed by atoms with Gasteiger partial charge in [0.05, 0.1) is 11.7 Å². The molecule has 2 nitrogen and oxygen atoms in total. The highest BCUT2D eigenvalue weighted by Crippen LogP contribution is 2.24. The minimum atomic E-state index is 0.577. The van der Waals surface area contributed by atoms with Crippen LogP contribution in [-0.4, -0.2) is 10.2 Å². The van der Waals surface area contributed by atoms with Crippen molar-refractivity contribution in [2.75, 3.05) is 0 Å². The van der Waals surface area contributed by atoms with E-state index in [0.717, 1.165) is 11.9 Å². The third-order valence-electron chi connectivity index (χ3n) is 2.71. The van der Waals surface area contributed by atoms with Gasteiger partial charge in [0, 0.05) is 5.39 Å². The second kappa shape index (κ2) is 3.45. The molecule has 0 atom stereocenters. The smallest absolute Gasteiger partial charge is 0.0655 e. The van der Waals surface area contributed by atoms with Crippen LogP contribution in [0, 0.1) is 0 Å². The standard InChI is InChI=1S/C12H16N2/c1-4-9-5-10(8(2)3)6-12-11(9)7-13-14-12/h5-8H,4H2,1-3H3,(H,13,14). The molecular weight excluding hydrogens is 172 g/mol. The van der Waals surface area contributed by atoms with Gasteiger partial charge in [0.2, 0.25) is 0 Å². The summed E-state index contributed by atoms with van der Waals surface area (Å²) in [5.41, 5.74) is 3.94. The van der Waals surface area contributed by atoms with Crippen molar-refractivity contribution in [1.29, 1.82) is 0 Å². The van der Waals surface area contributed by atoms with Crippen LogP contribution in [0.2, 0.25) is 0 Å². The molecule has 0 saturated carbocycles. The van der Waals surface area contributed by atoms with Gasteiger partial charge < -0.3 is 0 Å². The Hall–Kier alpha value is -1.31. The molecule has 1 N–H and O–H groups in total. The number of aromatic nitrogens is 2. The Balaban J connectivity index is 2.67. The van der Waals surface area contributed by atoms with Crippen molar-refractivity contribution in [1.82, 2.24) is 10.2 Å². The van der Waals surface area contributed by atoms with Gasteiger partial charge in [-0.2, -0.15) is 5.10 Å². The molecule has 0 aliphatic rings. The van der Waals surface area contributed by atoms with Gasteiger partial charge in [0.25, 0.3) is 0 Å². The number of hydrogen-bond donors (Lipinski definition) is 1. The molecule has 1 aromatic carbocycles. The van der Waals surface area contributed by atoms with Crippen molar-refractivity contribution in [2.45, 2.75) is 33.1 Å². The Kier molecular flexibility index (Phi) is 2.28. The third-order valence-corrected chi connectivity index (χ3v) is 2.71. The average molecular weight is 188 g/mol. The lowest BCUT2D eigenvalue weighted by molar-refractivity contribution is 0.864. The molecule has 0 bridgehead atoms. The lowest BCUT2D eigenvalue weighted by Gasteiger charge is -2.08. The number of rotatable bonds is 2. The molecule has 0 saturated heterocycles. The molecule has 0 unspecified atom stereocenters. The fourth-order valence-corrected chi connectivity index (χ4v) is 1.78.